The molecule has 17 heavy (non-hydrogen) atoms. The molecule has 0 unspecified atom stereocenters. The lowest BCUT2D eigenvalue weighted by Gasteiger charge is -2.04. The van der Waals surface area contributed by atoms with E-state index in [2.05, 4.69) is 10.1 Å². The fourth-order valence-corrected chi connectivity index (χ4v) is 1.60. The van der Waals surface area contributed by atoms with Crippen molar-refractivity contribution >= 4 is 5.97 Å². The largest absolute Gasteiger partial charge is 0.477 e. The molecule has 5 heteroatoms. The summed E-state index contributed by atoms with van der Waals surface area (Å²) >= 11 is 0. The van der Waals surface area contributed by atoms with Crippen molar-refractivity contribution in [2.75, 3.05) is 0 Å². The molecule has 2 aromatic heterocycles. The Bertz CT molecular complexity index is 587. The molecular formula is C12H13N3O2. The Balaban J connectivity index is 2.56. The molecule has 0 fully saturated rings. The van der Waals surface area contributed by atoms with E-state index < -0.39 is 5.97 Å². The second-order valence-corrected chi connectivity index (χ2v) is 3.89. The highest BCUT2D eigenvalue weighted by molar-refractivity contribution is 5.85. The fraction of sp³-hybridized carbons (Fsp3) is 0.250. The van der Waals surface area contributed by atoms with E-state index in [4.69, 9.17) is 5.11 Å². The van der Waals surface area contributed by atoms with Crippen molar-refractivity contribution in [3.8, 4) is 5.82 Å². The van der Waals surface area contributed by atoms with Gasteiger partial charge in [0.2, 0.25) is 0 Å². The number of pyridine rings is 1. The van der Waals surface area contributed by atoms with Crippen LogP contribution in [0.5, 0.6) is 0 Å². The summed E-state index contributed by atoms with van der Waals surface area (Å²) in [4.78, 5) is 14.9. The van der Waals surface area contributed by atoms with Crippen LogP contribution in [0.2, 0.25) is 0 Å². The van der Waals surface area contributed by atoms with Crippen LogP contribution in [0.3, 0.4) is 0 Å². The molecule has 2 aromatic rings. The summed E-state index contributed by atoms with van der Waals surface area (Å²) in [6, 6.07) is 4.87. The monoisotopic (exact) mass is 231 g/mol. The first kappa shape index (κ1) is 11.3. The molecule has 2 heterocycles. The van der Waals surface area contributed by atoms with Gasteiger partial charge in [-0.3, -0.25) is 0 Å². The van der Waals surface area contributed by atoms with Gasteiger partial charge >= 0.3 is 5.97 Å². The first-order valence-corrected chi connectivity index (χ1v) is 5.24. The van der Waals surface area contributed by atoms with E-state index in [1.807, 2.05) is 20.8 Å². The summed E-state index contributed by atoms with van der Waals surface area (Å²) in [5.41, 5.74) is 3.00. The minimum Gasteiger partial charge on any atom is -0.477 e. The maximum absolute atomic E-state index is 10.8. The Morgan fingerprint density at radius 2 is 2.00 bits per heavy atom. The van der Waals surface area contributed by atoms with E-state index >= 15 is 0 Å². The number of carboxylic acid groups (broad SMARTS) is 1. The molecule has 0 amide bonds. The van der Waals surface area contributed by atoms with Crippen LogP contribution in [-0.4, -0.2) is 25.8 Å². The average molecular weight is 231 g/mol. The molecule has 1 N–H and O–H groups in total. The topological polar surface area (TPSA) is 68.0 Å². The van der Waals surface area contributed by atoms with Crippen LogP contribution in [0.15, 0.2) is 18.2 Å². The number of carbonyl (C=O) groups is 1. The molecule has 0 bridgehead atoms. The van der Waals surface area contributed by atoms with Crippen LogP contribution in [0.1, 0.15) is 27.4 Å². The highest BCUT2D eigenvalue weighted by Gasteiger charge is 2.11. The summed E-state index contributed by atoms with van der Waals surface area (Å²) in [6.07, 6.45) is 0. The molecule has 0 atom stereocenters. The Morgan fingerprint density at radius 1 is 1.29 bits per heavy atom. The smallest absolute Gasteiger partial charge is 0.354 e. The third-order valence-electron chi connectivity index (χ3n) is 2.82. The molecule has 0 aliphatic carbocycles. The van der Waals surface area contributed by atoms with Crippen LogP contribution in [0.4, 0.5) is 0 Å². The summed E-state index contributed by atoms with van der Waals surface area (Å²) < 4.78 is 1.66. The lowest BCUT2D eigenvalue weighted by Crippen LogP contribution is -2.07. The minimum atomic E-state index is -1.04. The van der Waals surface area contributed by atoms with Crippen LogP contribution in [-0.2, 0) is 0 Å². The van der Waals surface area contributed by atoms with Gasteiger partial charge in [0.25, 0.3) is 0 Å². The Kier molecular flexibility index (Phi) is 2.67. The van der Waals surface area contributed by atoms with Crippen molar-refractivity contribution in [2.24, 2.45) is 0 Å². The maximum Gasteiger partial charge on any atom is 0.354 e. The number of aromatic nitrogens is 3. The van der Waals surface area contributed by atoms with Crippen molar-refractivity contribution in [1.82, 2.24) is 14.8 Å². The zero-order chi connectivity index (χ0) is 12.6. The lowest BCUT2D eigenvalue weighted by atomic mass is 10.2. The summed E-state index contributed by atoms with van der Waals surface area (Å²) in [6.45, 7) is 5.83. The fourth-order valence-electron chi connectivity index (χ4n) is 1.60. The molecule has 0 aromatic carbocycles. The SMILES string of the molecule is Cc1nn(-c2cccc(C(=O)O)n2)c(C)c1C. The van der Waals surface area contributed by atoms with Gasteiger partial charge in [-0.05, 0) is 38.5 Å². The zero-order valence-corrected chi connectivity index (χ0v) is 9.93. The highest BCUT2D eigenvalue weighted by atomic mass is 16.4. The molecule has 5 nitrogen and oxygen atoms in total. The normalized spacial score (nSPS) is 10.5. The number of aryl methyl sites for hydroxylation is 1. The van der Waals surface area contributed by atoms with E-state index in [0.29, 0.717) is 5.82 Å². The number of aromatic carboxylic acids is 1. The standard InChI is InChI=1S/C12H13N3O2/c1-7-8(2)14-15(9(7)3)11-6-4-5-10(13-11)12(16)17/h4-6H,1-3H3,(H,16,17). The quantitative estimate of drug-likeness (QED) is 0.857. The summed E-state index contributed by atoms with van der Waals surface area (Å²) in [5.74, 6) is -0.510. The van der Waals surface area contributed by atoms with Gasteiger partial charge in [0, 0.05) is 5.69 Å². The second-order valence-electron chi connectivity index (χ2n) is 3.89. The summed E-state index contributed by atoms with van der Waals surface area (Å²) in [5, 5.41) is 13.2. The van der Waals surface area contributed by atoms with Crippen molar-refractivity contribution in [3.05, 3.63) is 40.8 Å². The summed E-state index contributed by atoms with van der Waals surface area (Å²) in [7, 11) is 0. The van der Waals surface area contributed by atoms with Gasteiger partial charge in [0.1, 0.15) is 0 Å². The van der Waals surface area contributed by atoms with Gasteiger partial charge in [0.05, 0.1) is 5.69 Å². The number of hydrogen-bond acceptors (Lipinski definition) is 3. The third-order valence-corrected chi connectivity index (χ3v) is 2.82. The average Bonchev–Trinajstić information content (AvgIpc) is 2.57. The number of nitrogens with zero attached hydrogens (tertiary/aromatic N) is 3. The van der Waals surface area contributed by atoms with Gasteiger partial charge in [-0.2, -0.15) is 5.10 Å². The van der Waals surface area contributed by atoms with Gasteiger partial charge in [-0.1, -0.05) is 6.07 Å². The molecule has 0 spiro atoms. The number of rotatable bonds is 2. The van der Waals surface area contributed by atoms with E-state index in [9.17, 15) is 4.79 Å². The predicted molar refractivity (Wildman–Crippen MR) is 62.5 cm³/mol. The van der Waals surface area contributed by atoms with Gasteiger partial charge in [0.15, 0.2) is 11.5 Å². The van der Waals surface area contributed by atoms with Gasteiger partial charge < -0.3 is 5.11 Å². The van der Waals surface area contributed by atoms with Crippen molar-refractivity contribution in [1.29, 1.82) is 0 Å². The van der Waals surface area contributed by atoms with Crippen molar-refractivity contribution in [2.45, 2.75) is 20.8 Å². The lowest BCUT2D eigenvalue weighted by molar-refractivity contribution is 0.0690. The number of hydrogen-bond donors (Lipinski definition) is 1. The second kappa shape index (κ2) is 4.01. The molecule has 0 aliphatic rings. The van der Waals surface area contributed by atoms with E-state index in [1.165, 1.54) is 6.07 Å². The maximum atomic E-state index is 10.8. The molecule has 0 saturated heterocycles. The van der Waals surface area contributed by atoms with E-state index in [1.54, 1.807) is 16.8 Å². The molecule has 0 aliphatic heterocycles. The van der Waals surface area contributed by atoms with E-state index in [0.717, 1.165) is 17.0 Å². The third kappa shape index (κ3) is 1.91. The van der Waals surface area contributed by atoms with Gasteiger partial charge in [-0.25, -0.2) is 14.5 Å². The minimum absolute atomic E-state index is 0.0210. The Morgan fingerprint density at radius 3 is 2.53 bits per heavy atom. The van der Waals surface area contributed by atoms with Crippen LogP contribution in [0, 0.1) is 20.8 Å². The molecular weight excluding hydrogens is 218 g/mol. The van der Waals surface area contributed by atoms with Crippen molar-refractivity contribution < 1.29 is 9.90 Å². The zero-order valence-electron chi connectivity index (χ0n) is 9.93. The number of carboxylic acids is 1. The highest BCUT2D eigenvalue weighted by Crippen LogP contribution is 2.15. The molecule has 88 valence electrons. The first-order valence-electron chi connectivity index (χ1n) is 5.24. The molecule has 2 rings (SSSR count). The first-order chi connectivity index (χ1) is 8.00. The van der Waals surface area contributed by atoms with Crippen LogP contribution >= 0.6 is 0 Å². The molecule has 0 saturated carbocycles. The molecule has 0 radical (unpaired) electrons. The predicted octanol–water partition coefficient (Wildman–Crippen LogP) is 1.89. The van der Waals surface area contributed by atoms with E-state index in [-0.39, 0.29) is 5.69 Å². The van der Waals surface area contributed by atoms with Crippen molar-refractivity contribution in [3.63, 3.8) is 0 Å². The van der Waals surface area contributed by atoms with Crippen LogP contribution in [0.25, 0.3) is 5.82 Å². The van der Waals surface area contributed by atoms with Gasteiger partial charge in [-0.15, -0.1) is 0 Å². The van der Waals surface area contributed by atoms with Crippen LogP contribution < -0.4 is 0 Å². The Hall–Kier alpha value is -2.17. The Labute approximate surface area is 98.7 Å².